The van der Waals surface area contributed by atoms with Crippen molar-refractivity contribution < 1.29 is 34.5 Å². The number of rotatable bonds is 7. The van der Waals surface area contributed by atoms with Gasteiger partial charge >= 0.3 is 5.97 Å². The highest BCUT2D eigenvalue weighted by atomic mass is 16.4. The number of nitrogens with one attached hydrogen (secondary N) is 2. The van der Waals surface area contributed by atoms with Gasteiger partial charge in [-0.25, -0.2) is 4.79 Å². The number of carboxylic acid groups (broad SMARTS) is 2. The molecule has 0 fully saturated rings. The molecule has 0 aliphatic heterocycles. The van der Waals surface area contributed by atoms with E-state index in [2.05, 4.69) is 37.1 Å². The molecule has 1 aromatic rings. The Kier molecular flexibility index (Phi) is 29.0. The summed E-state index contributed by atoms with van der Waals surface area (Å²) in [6, 6.07) is 5.87. The molecule has 9 nitrogen and oxygen atoms in total. The molecular weight excluding hydrogens is 440 g/mol. The summed E-state index contributed by atoms with van der Waals surface area (Å²) in [5, 5.41) is 28.6. The number of allylic oxidation sites excluding steroid dienone is 3. The largest absolute Gasteiger partial charge is 0.481 e. The van der Waals surface area contributed by atoms with Gasteiger partial charge in [-0.05, 0) is 65.8 Å². The Bertz CT molecular complexity index is 734. The predicted molar refractivity (Wildman–Crippen MR) is 136 cm³/mol. The highest BCUT2D eigenvalue weighted by Gasteiger charge is 2.17. The van der Waals surface area contributed by atoms with Crippen molar-refractivity contribution in [1.29, 1.82) is 0 Å². The average Bonchev–Trinajstić information content (AvgIpc) is 2.78. The first kappa shape index (κ1) is 38.0. The number of amides is 1. The van der Waals surface area contributed by atoms with Crippen LogP contribution in [0, 0.1) is 0 Å². The summed E-state index contributed by atoms with van der Waals surface area (Å²) in [6.07, 6.45) is 4.25. The van der Waals surface area contributed by atoms with Crippen LogP contribution in [0.2, 0.25) is 0 Å². The van der Waals surface area contributed by atoms with E-state index in [0.29, 0.717) is 6.42 Å². The molecule has 1 rings (SSSR count). The standard InChI is InChI=1S/C14H18N2O4.C5H10.C3H6.C2H4O2.CH4O/c1-9(17)8-16-13(18)12(15-2)7-10-3-5-11(6-4-10)14(19)20;1-4-5(2)3;1-3-2;1-2(3)4;1-2/h3-6,12,15H,7-8H2,1-2H3,(H,16,18)(H,19,20);4H,1-3H3;3H,1H2,2H3;1H3,(H,3,4);2H,1H3/t12-;;;;/m0..../s1. The molecule has 0 unspecified atom stereocenters. The molecule has 0 aliphatic rings. The van der Waals surface area contributed by atoms with E-state index < -0.39 is 18.0 Å². The second-order valence-corrected chi connectivity index (χ2v) is 6.76. The normalized spacial score (nSPS) is 9.21. The number of hydrogen-bond acceptors (Lipinski definition) is 6. The van der Waals surface area contributed by atoms with Crippen LogP contribution < -0.4 is 10.6 Å². The van der Waals surface area contributed by atoms with Gasteiger partial charge in [-0.15, -0.1) is 6.58 Å². The zero-order chi connectivity index (χ0) is 27.7. The van der Waals surface area contributed by atoms with E-state index in [1.54, 1.807) is 25.3 Å². The Morgan fingerprint density at radius 2 is 1.35 bits per heavy atom. The van der Waals surface area contributed by atoms with E-state index >= 15 is 0 Å². The van der Waals surface area contributed by atoms with Crippen molar-refractivity contribution in [1.82, 2.24) is 10.6 Å². The Morgan fingerprint density at radius 3 is 1.62 bits per heavy atom. The lowest BCUT2D eigenvalue weighted by Crippen LogP contribution is -2.45. The first-order chi connectivity index (χ1) is 15.9. The van der Waals surface area contributed by atoms with Crippen molar-refractivity contribution in [2.24, 2.45) is 0 Å². The van der Waals surface area contributed by atoms with Crippen LogP contribution in [-0.2, 0) is 20.8 Å². The van der Waals surface area contributed by atoms with Gasteiger partial charge in [0.2, 0.25) is 5.91 Å². The summed E-state index contributed by atoms with van der Waals surface area (Å²) in [4.78, 5) is 42.4. The Labute approximate surface area is 203 Å². The maximum absolute atomic E-state index is 11.8. The molecule has 1 atom stereocenters. The predicted octanol–water partition coefficient (Wildman–Crippen LogP) is 3.08. The SMILES string of the molecule is C=CC.CC(=O)O.CC=C(C)C.CN[C@@H](Cc1ccc(C(=O)O)cc1)C(=O)NCC(C)=O.CO. The van der Waals surface area contributed by atoms with E-state index in [4.69, 9.17) is 20.1 Å². The number of carboxylic acids is 2. The minimum Gasteiger partial charge on any atom is -0.481 e. The molecule has 0 saturated heterocycles. The molecule has 0 heterocycles. The summed E-state index contributed by atoms with van der Waals surface area (Å²) < 4.78 is 0. The minimum absolute atomic E-state index is 0.00889. The van der Waals surface area contributed by atoms with Crippen molar-refractivity contribution in [2.45, 2.75) is 54.0 Å². The van der Waals surface area contributed by atoms with E-state index in [1.807, 2.05) is 13.8 Å². The molecule has 34 heavy (non-hydrogen) atoms. The number of ketones is 1. The monoisotopic (exact) mass is 482 g/mol. The van der Waals surface area contributed by atoms with Crippen LogP contribution in [0.4, 0.5) is 0 Å². The first-order valence-electron chi connectivity index (χ1n) is 10.4. The van der Waals surface area contributed by atoms with Crippen molar-refractivity contribution in [3.63, 3.8) is 0 Å². The Balaban J connectivity index is -0.000000264. The molecule has 5 N–H and O–H groups in total. The highest BCUT2D eigenvalue weighted by Crippen LogP contribution is 2.07. The lowest BCUT2D eigenvalue weighted by Gasteiger charge is -2.15. The van der Waals surface area contributed by atoms with Crippen molar-refractivity contribution in [3.05, 3.63) is 59.7 Å². The molecule has 0 aromatic heterocycles. The number of aliphatic carboxylic acids is 1. The zero-order valence-electron chi connectivity index (χ0n) is 21.6. The topological polar surface area (TPSA) is 153 Å². The number of carbonyl (C=O) groups excluding carboxylic acids is 2. The van der Waals surface area contributed by atoms with Gasteiger partial charge in [-0.1, -0.05) is 29.9 Å². The van der Waals surface area contributed by atoms with Crippen LogP contribution in [0.15, 0.2) is 48.6 Å². The van der Waals surface area contributed by atoms with Gasteiger partial charge in [0.05, 0.1) is 18.2 Å². The number of hydrogen-bond donors (Lipinski definition) is 5. The molecule has 0 bridgehead atoms. The third kappa shape index (κ3) is 28.7. The number of aromatic carboxylic acids is 1. The average molecular weight is 483 g/mol. The fourth-order valence-corrected chi connectivity index (χ4v) is 1.68. The molecule has 194 valence electrons. The summed E-state index contributed by atoms with van der Waals surface area (Å²) in [5.41, 5.74) is 2.42. The molecule has 1 amide bonds. The van der Waals surface area contributed by atoms with Gasteiger partial charge in [-0.3, -0.25) is 14.4 Å². The van der Waals surface area contributed by atoms with Gasteiger partial charge in [0.15, 0.2) is 0 Å². The number of Topliss-reactive ketones (excluding diaryl/α,β-unsaturated/α-hetero) is 1. The summed E-state index contributed by atoms with van der Waals surface area (Å²) >= 11 is 0. The third-order valence-corrected chi connectivity index (χ3v) is 3.39. The number of aliphatic hydroxyl groups excluding tert-OH is 1. The van der Waals surface area contributed by atoms with Gasteiger partial charge in [0, 0.05) is 14.0 Å². The third-order valence-electron chi connectivity index (χ3n) is 3.39. The Morgan fingerprint density at radius 1 is 0.971 bits per heavy atom. The lowest BCUT2D eigenvalue weighted by molar-refractivity contribution is -0.134. The van der Waals surface area contributed by atoms with Crippen LogP contribution in [0.3, 0.4) is 0 Å². The quantitative estimate of drug-likeness (QED) is 0.372. The summed E-state index contributed by atoms with van der Waals surface area (Å²) in [5.74, 6) is -2.19. The fourth-order valence-electron chi connectivity index (χ4n) is 1.68. The molecular formula is C25H42N2O7. The van der Waals surface area contributed by atoms with Crippen molar-refractivity contribution in [2.75, 3.05) is 20.7 Å². The van der Waals surface area contributed by atoms with Crippen molar-refractivity contribution >= 4 is 23.6 Å². The fraction of sp³-hybridized carbons (Fsp3) is 0.440. The number of aliphatic hydroxyl groups is 1. The first-order valence-corrected chi connectivity index (χ1v) is 10.4. The second kappa shape index (κ2) is 26.0. The molecule has 9 heteroatoms. The summed E-state index contributed by atoms with van der Waals surface area (Å²) in [6.45, 7) is 13.9. The van der Waals surface area contributed by atoms with Crippen LogP contribution in [0.5, 0.6) is 0 Å². The maximum atomic E-state index is 11.8. The van der Waals surface area contributed by atoms with Gasteiger partial charge in [0.1, 0.15) is 5.78 Å². The smallest absolute Gasteiger partial charge is 0.335 e. The molecule has 1 aromatic carbocycles. The lowest BCUT2D eigenvalue weighted by atomic mass is 10.0. The maximum Gasteiger partial charge on any atom is 0.335 e. The highest BCUT2D eigenvalue weighted by molar-refractivity contribution is 5.88. The van der Waals surface area contributed by atoms with E-state index in [1.165, 1.54) is 24.6 Å². The van der Waals surface area contributed by atoms with Gasteiger partial charge < -0.3 is 26.0 Å². The van der Waals surface area contributed by atoms with E-state index in [0.717, 1.165) is 19.6 Å². The molecule has 0 radical (unpaired) electrons. The van der Waals surface area contributed by atoms with Crippen molar-refractivity contribution in [3.8, 4) is 0 Å². The van der Waals surface area contributed by atoms with E-state index in [-0.39, 0.29) is 23.8 Å². The van der Waals surface area contributed by atoms with Gasteiger partial charge in [-0.2, -0.15) is 0 Å². The number of carbonyl (C=O) groups is 4. The second-order valence-electron chi connectivity index (χ2n) is 6.76. The van der Waals surface area contributed by atoms with Crippen LogP contribution in [0.1, 0.15) is 57.5 Å². The Hall–Kier alpha value is -3.30. The molecule has 0 saturated carbocycles. The molecule has 0 spiro atoms. The van der Waals surface area contributed by atoms with Gasteiger partial charge in [0.25, 0.3) is 5.97 Å². The van der Waals surface area contributed by atoms with Crippen LogP contribution in [-0.4, -0.2) is 65.7 Å². The minimum atomic E-state index is -0.985. The van der Waals surface area contributed by atoms with Crippen LogP contribution >= 0.6 is 0 Å². The number of likely N-dealkylation sites (N-methyl/N-ethyl adjacent to an activating group) is 1. The van der Waals surface area contributed by atoms with E-state index in [9.17, 15) is 14.4 Å². The number of benzene rings is 1. The van der Waals surface area contributed by atoms with Crippen LogP contribution in [0.25, 0.3) is 0 Å². The summed E-state index contributed by atoms with van der Waals surface area (Å²) in [7, 11) is 2.66. The zero-order valence-corrected chi connectivity index (χ0v) is 21.6. The molecule has 0 aliphatic carbocycles.